The molecule has 0 rings (SSSR count). The van der Waals surface area contributed by atoms with Crippen molar-refractivity contribution in [3.05, 3.63) is 11.8 Å². The van der Waals surface area contributed by atoms with Crippen LogP contribution in [0.5, 0.6) is 0 Å². The smallest absolute Gasteiger partial charge is 0.351 e. The molecule has 4 N–H and O–H groups in total. The van der Waals surface area contributed by atoms with Crippen LogP contribution < -0.4 is 5.73 Å². The quantitative estimate of drug-likeness (QED) is 0.379. The van der Waals surface area contributed by atoms with Gasteiger partial charge in [0.05, 0.1) is 5.71 Å². The van der Waals surface area contributed by atoms with E-state index in [2.05, 4.69) is 0 Å². The van der Waals surface area contributed by atoms with E-state index < -0.39 is 23.2 Å². The lowest BCUT2D eigenvalue weighted by atomic mass is 10.2. The van der Waals surface area contributed by atoms with Crippen molar-refractivity contribution >= 4 is 17.5 Å². The van der Waals surface area contributed by atoms with Crippen molar-refractivity contribution < 1.29 is 14.7 Å². The van der Waals surface area contributed by atoms with Crippen LogP contribution in [0.3, 0.4) is 0 Å². The number of Topliss-reactive ketones (excluding diaryl/α,β-unsaturated/α-hetero) is 1. The fourth-order valence-electron chi connectivity index (χ4n) is 0.319. The standard InChI is InChI=1S/C6H8N2O3/c1-3(9)4(7)2-5(8)6(10)11/h2,7H,8H2,1H3,(H,10,11). The minimum Gasteiger partial charge on any atom is -0.477 e. The number of nitrogens with two attached hydrogens (primary N) is 1. The number of hydrogen-bond donors (Lipinski definition) is 3. The molecule has 5 heteroatoms. The summed E-state index contributed by atoms with van der Waals surface area (Å²) < 4.78 is 0. The third-order valence-corrected chi connectivity index (χ3v) is 0.926. The summed E-state index contributed by atoms with van der Waals surface area (Å²) in [6.07, 6.45) is 0.810. The Morgan fingerprint density at radius 2 is 2.00 bits per heavy atom. The highest BCUT2D eigenvalue weighted by molar-refractivity contribution is 6.42. The molecular formula is C6H8N2O3. The zero-order chi connectivity index (χ0) is 9.02. The average Bonchev–Trinajstić information content (AvgIpc) is 1.87. The van der Waals surface area contributed by atoms with Crippen molar-refractivity contribution in [1.29, 1.82) is 5.41 Å². The predicted molar refractivity (Wildman–Crippen MR) is 38.3 cm³/mol. The molecule has 0 aliphatic heterocycles. The monoisotopic (exact) mass is 156 g/mol. The zero-order valence-electron chi connectivity index (χ0n) is 5.92. The minimum atomic E-state index is -1.34. The molecule has 0 saturated heterocycles. The summed E-state index contributed by atoms with van der Waals surface area (Å²) >= 11 is 0. The number of carbonyl (C=O) groups is 2. The van der Waals surface area contributed by atoms with Gasteiger partial charge < -0.3 is 10.8 Å². The third kappa shape index (κ3) is 3.14. The van der Waals surface area contributed by atoms with Gasteiger partial charge in [0.25, 0.3) is 0 Å². The van der Waals surface area contributed by atoms with Crippen molar-refractivity contribution in [2.75, 3.05) is 0 Å². The second-order valence-electron chi connectivity index (χ2n) is 1.87. The Labute approximate surface area is 63.0 Å². The second kappa shape index (κ2) is 3.50. The van der Waals surface area contributed by atoms with Crippen molar-refractivity contribution in [2.45, 2.75) is 6.92 Å². The molecule has 60 valence electrons. The molecule has 0 aliphatic rings. The molecule has 0 aromatic rings. The van der Waals surface area contributed by atoms with Crippen LogP contribution in [0, 0.1) is 5.41 Å². The van der Waals surface area contributed by atoms with E-state index in [0.717, 1.165) is 13.0 Å². The van der Waals surface area contributed by atoms with Crippen molar-refractivity contribution in [3.8, 4) is 0 Å². The average molecular weight is 156 g/mol. The van der Waals surface area contributed by atoms with E-state index in [1.54, 1.807) is 0 Å². The molecule has 0 fully saturated rings. The Kier molecular flexibility index (Phi) is 2.98. The van der Waals surface area contributed by atoms with Gasteiger partial charge in [-0.3, -0.25) is 10.2 Å². The number of carboxylic acid groups (broad SMARTS) is 1. The molecule has 0 bridgehead atoms. The van der Waals surface area contributed by atoms with Crippen molar-refractivity contribution in [1.82, 2.24) is 0 Å². The van der Waals surface area contributed by atoms with Crippen LogP contribution in [0.1, 0.15) is 6.92 Å². The maximum atomic E-state index is 10.4. The molecular weight excluding hydrogens is 148 g/mol. The first-order valence-corrected chi connectivity index (χ1v) is 2.75. The molecule has 0 atom stereocenters. The van der Waals surface area contributed by atoms with E-state index in [-0.39, 0.29) is 0 Å². The number of carboxylic acids is 1. The Bertz CT molecular complexity index is 242. The number of aliphatic carboxylic acids is 1. The van der Waals surface area contributed by atoms with Gasteiger partial charge in [-0.25, -0.2) is 4.79 Å². The zero-order valence-corrected chi connectivity index (χ0v) is 5.92. The number of hydrogen-bond acceptors (Lipinski definition) is 4. The van der Waals surface area contributed by atoms with E-state index in [0.29, 0.717) is 0 Å². The van der Waals surface area contributed by atoms with Crippen LogP contribution in [0.15, 0.2) is 11.8 Å². The minimum absolute atomic E-state index is 0.412. The molecule has 0 spiro atoms. The summed E-state index contributed by atoms with van der Waals surface area (Å²) in [6, 6.07) is 0. The van der Waals surface area contributed by atoms with Gasteiger partial charge in [0.15, 0.2) is 5.78 Å². The first-order chi connectivity index (χ1) is 4.95. The lowest BCUT2D eigenvalue weighted by molar-refractivity contribution is -0.132. The van der Waals surface area contributed by atoms with Gasteiger partial charge in [0.1, 0.15) is 5.70 Å². The number of rotatable bonds is 3. The molecule has 0 aromatic carbocycles. The highest BCUT2D eigenvalue weighted by Gasteiger charge is 2.04. The number of ketones is 1. The topological polar surface area (TPSA) is 104 Å². The van der Waals surface area contributed by atoms with Gasteiger partial charge in [-0.2, -0.15) is 0 Å². The molecule has 0 radical (unpaired) electrons. The third-order valence-electron chi connectivity index (χ3n) is 0.926. The summed E-state index contributed by atoms with van der Waals surface area (Å²) in [4.78, 5) is 20.4. The fraction of sp³-hybridized carbons (Fsp3) is 0.167. The SMILES string of the molecule is CC(=O)C(=N)C=C(N)C(=O)O. The van der Waals surface area contributed by atoms with E-state index in [4.69, 9.17) is 16.2 Å². The maximum absolute atomic E-state index is 10.4. The number of nitrogens with one attached hydrogen (secondary N) is 1. The van der Waals surface area contributed by atoms with Crippen LogP contribution in [-0.4, -0.2) is 22.6 Å². The largest absolute Gasteiger partial charge is 0.477 e. The first kappa shape index (κ1) is 9.35. The van der Waals surface area contributed by atoms with Gasteiger partial charge in [0, 0.05) is 6.92 Å². The first-order valence-electron chi connectivity index (χ1n) is 2.75. The second-order valence-corrected chi connectivity index (χ2v) is 1.87. The van der Waals surface area contributed by atoms with Crippen LogP contribution in [-0.2, 0) is 9.59 Å². The highest BCUT2D eigenvalue weighted by atomic mass is 16.4. The Morgan fingerprint density at radius 1 is 1.55 bits per heavy atom. The summed E-state index contributed by atoms with van der Waals surface area (Å²) in [5.74, 6) is -1.86. The van der Waals surface area contributed by atoms with Crippen LogP contribution in [0.25, 0.3) is 0 Å². The molecule has 0 amide bonds. The van der Waals surface area contributed by atoms with E-state index >= 15 is 0 Å². The lowest BCUT2D eigenvalue weighted by Crippen LogP contribution is -2.14. The predicted octanol–water partition coefficient (Wildman–Crippen LogP) is -0.478. The Morgan fingerprint density at radius 3 is 2.27 bits per heavy atom. The maximum Gasteiger partial charge on any atom is 0.351 e. The van der Waals surface area contributed by atoms with Crippen LogP contribution in [0.2, 0.25) is 0 Å². The Hall–Kier alpha value is -1.65. The highest BCUT2D eigenvalue weighted by Crippen LogP contribution is 1.86. The molecule has 0 saturated carbocycles. The van der Waals surface area contributed by atoms with Gasteiger partial charge in [0.2, 0.25) is 0 Å². The molecule has 11 heavy (non-hydrogen) atoms. The molecule has 0 aromatic heterocycles. The molecule has 5 nitrogen and oxygen atoms in total. The van der Waals surface area contributed by atoms with Gasteiger partial charge >= 0.3 is 5.97 Å². The lowest BCUT2D eigenvalue weighted by Gasteiger charge is -1.92. The summed E-state index contributed by atoms with van der Waals surface area (Å²) in [7, 11) is 0. The summed E-state index contributed by atoms with van der Waals surface area (Å²) in [5, 5.41) is 15.1. The van der Waals surface area contributed by atoms with Crippen molar-refractivity contribution in [3.63, 3.8) is 0 Å². The van der Waals surface area contributed by atoms with Crippen LogP contribution in [0.4, 0.5) is 0 Å². The Balaban J connectivity index is 4.44. The number of allylic oxidation sites excluding steroid dienone is 1. The van der Waals surface area contributed by atoms with Crippen molar-refractivity contribution in [2.24, 2.45) is 5.73 Å². The number of carbonyl (C=O) groups excluding carboxylic acids is 1. The van der Waals surface area contributed by atoms with Gasteiger partial charge in [-0.05, 0) is 6.08 Å². The fourth-order valence-corrected chi connectivity index (χ4v) is 0.319. The van der Waals surface area contributed by atoms with Gasteiger partial charge in [-0.15, -0.1) is 0 Å². The van der Waals surface area contributed by atoms with E-state index in [1.807, 2.05) is 0 Å². The van der Waals surface area contributed by atoms with E-state index in [9.17, 15) is 9.59 Å². The van der Waals surface area contributed by atoms with Crippen LogP contribution >= 0.6 is 0 Å². The van der Waals surface area contributed by atoms with Gasteiger partial charge in [-0.1, -0.05) is 0 Å². The summed E-state index contributed by atoms with van der Waals surface area (Å²) in [6.45, 7) is 1.16. The van der Waals surface area contributed by atoms with E-state index in [1.165, 1.54) is 0 Å². The molecule has 0 aliphatic carbocycles. The molecule has 0 heterocycles. The normalized spacial score (nSPS) is 10.8. The summed E-state index contributed by atoms with van der Waals surface area (Å²) in [5.41, 5.74) is 4.00. The molecule has 0 unspecified atom stereocenters.